The smallest absolute Gasteiger partial charge is 0.153 e. The third-order valence-electron chi connectivity index (χ3n) is 3.12. The summed E-state index contributed by atoms with van der Waals surface area (Å²) < 4.78 is 5.41. The summed E-state index contributed by atoms with van der Waals surface area (Å²) in [4.78, 5) is 12.6. The third-order valence-corrected chi connectivity index (χ3v) is 3.12. The van der Waals surface area contributed by atoms with Crippen LogP contribution in [0.2, 0.25) is 0 Å². The molecule has 0 amide bonds. The van der Waals surface area contributed by atoms with Crippen molar-refractivity contribution < 1.29 is 19.4 Å². The van der Waals surface area contributed by atoms with Crippen LogP contribution >= 0.6 is 0 Å². The minimum absolute atomic E-state index is 0.0401. The number of rotatable bonds is 7. The molecule has 0 aliphatic carbocycles. The Hall–Kier alpha value is -2.31. The molecule has 0 fully saturated rings. The molecule has 6 heteroatoms. The number of nitrogen functional groups attached to an aromatic ring is 1. The van der Waals surface area contributed by atoms with E-state index in [-0.39, 0.29) is 13.2 Å². The molecule has 1 heterocycles. The van der Waals surface area contributed by atoms with E-state index in [1.165, 1.54) is 6.26 Å². The Balaban J connectivity index is 2.47. The number of aldehydes is 1. The van der Waals surface area contributed by atoms with Gasteiger partial charge in [-0.1, -0.05) is 0 Å². The quantitative estimate of drug-likeness (QED) is 0.522. The molecule has 1 aromatic carbocycles. The van der Waals surface area contributed by atoms with Crippen LogP contribution in [0.3, 0.4) is 0 Å². The molecule has 0 unspecified atom stereocenters. The maximum absolute atomic E-state index is 10.8. The summed E-state index contributed by atoms with van der Waals surface area (Å²) in [5.41, 5.74) is 8.31. The number of hydrogen-bond donors (Lipinski definition) is 3. The lowest BCUT2D eigenvalue weighted by atomic mass is 10.1. The summed E-state index contributed by atoms with van der Waals surface area (Å²) in [6.07, 6.45) is 2.08. The number of aliphatic hydroxyl groups excluding tert-OH is 2. The highest BCUT2D eigenvalue weighted by Crippen LogP contribution is 2.33. The molecular formula is C15H18N2O4. The van der Waals surface area contributed by atoms with Crippen molar-refractivity contribution in [2.75, 3.05) is 36.9 Å². The van der Waals surface area contributed by atoms with E-state index in [4.69, 9.17) is 20.4 Å². The molecular weight excluding hydrogens is 272 g/mol. The van der Waals surface area contributed by atoms with Crippen molar-refractivity contribution in [1.29, 1.82) is 0 Å². The predicted molar refractivity (Wildman–Crippen MR) is 80.3 cm³/mol. The number of aliphatic hydroxyl groups is 2. The van der Waals surface area contributed by atoms with Gasteiger partial charge in [-0.2, -0.15) is 0 Å². The molecule has 0 bridgehead atoms. The molecule has 0 aliphatic heterocycles. The highest BCUT2D eigenvalue weighted by molar-refractivity contribution is 5.83. The summed E-state index contributed by atoms with van der Waals surface area (Å²) in [5.74, 6) is 0.514. The number of carbonyl (C=O) groups is 1. The molecule has 0 saturated carbocycles. The largest absolute Gasteiger partial charge is 0.464 e. The van der Waals surface area contributed by atoms with Crippen molar-refractivity contribution in [3.8, 4) is 11.3 Å². The van der Waals surface area contributed by atoms with E-state index in [1.807, 2.05) is 4.90 Å². The van der Waals surface area contributed by atoms with Crippen molar-refractivity contribution in [2.24, 2.45) is 0 Å². The van der Waals surface area contributed by atoms with Gasteiger partial charge in [0, 0.05) is 30.0 Å². The maximum Gasteiger partial charge on any atom is 0.153 e. The zero-order valence-corrected chi connectivity index (χ0v) is 11.5. The van der Waals surface area contributed by atoms with Gasteiger partial charge in [0.2, 0.25) is 0 Å². The van der Waals surface area contributed by atoms with Gasteiger partial charge >= 0.3 is 0 Å². The average molecular weight is 290 g/mol. The Morgan fingerprint density at radius 1 is 1.19 bits per heavy atom. The van der Waals surface area contributed by atoms with Gasteiger partial charge in [-0.25, -0.2) is 0 Å². The molecule has 0 spiro atoms. The van der Waals surface area contributed by atoms with Crippen LogP contribution in [0.4, 0.5) is 11.4 Å². The fourth-order valence-electron chi connectivity index (χ4n) is 2.17. The molecule has 112 valence electrons. The molecule has 0 atom stereocenters. The van der Waals surface area contributed by atoms with Gasteiger partial charge in [0.1, 0.15) is 12.0 Å². The number of anilines is 2. The van der Waals surface area contributed by atoms with Crippen LogP contribution in [-0.2, 0) is 0 Å². The normalized spacial score (nSPS) is 10.6. The van der Waals surface area contributed by atoms with Gasteiger partial charge in [0.15, 0.2) is 6.29 Å². The highest BCUT2D eigenvalue weighted by Gasteiger charge is 2.15. The van der Waals surface area contributed by atoms with Gasteiger partial charge in [0.25, 0.3) is 0 Å². The summed E-state index contributed by atoms with van der Waals surface area (Å²) in [5, 5.41) is 18.3. The number of nitrogens with zero attached hydrogens (tertiary/aromatic N) is 1. The Morgan fingerprint density at radius 3 is 2.48 bits per heavy atom. The number of furan rings is 1. The molecule has 2 aromatic rings. The Morgan fingerprint density at radius 2 is 1.90 bits per heavy atom. The van der Waals surface area contributed by atoms with Crippen LogP contribution in [0.1, 0.15) is 10.4 Å². The lowest BCUT2D eigenvalue weighted by Crippen LogP contribution is -2.30. The van der Waals surface area contributed by atoms with E-state index in [2.05, 4.69) is 0 Å². The Labute approximate surface area is 122 Å². The summed E-state index contributed by atoms with van der Waals surface area (Å²) >= 11 is 0. The van der Waals surface area contributed by atoms with Crippen molar-refractivity contribution in [3.05, 3.63) is 36.1 Å². The first-order valence-corrected chi connectivity index (χ1v) is 6.60. The summed E-state index contributed by atoms with van der Waals surface area (Å²) in [6, 6.07) is 6.91. The van der Waals surface area contributed by atoms with Gasteiger partial charge in [-0.3, -0.25) is 4.79 Å². The third kappa shape index (κ3) is 3.42. The van der Waals surface area contributed by atoms with E-state index in [9.17, 15) is 4.79 Å². The van der Waals surface area contributed by atoms with E-state index in [1.54, 1.807) is 24.3 Å². The van der Waals surface area contributed by atoms with Crippen molar-refractivity contribution in [1.82, 2.24) is 0 Å². The second-order valence-corrected chi connectivity index (χ2v) is 4.57. The molecule has 1 aromatic heterocycles. The number of benzene rings is 1. The molecule has 2 rings (SSSR count). The van der Waals surface area contributed by atoms with Crippen LogP contribution in [0.25, 0.3) is 11.3 Å². The van der Waals surface area contributed by atoms with E-state index in [0.29, 0.717) is 42.0 Å². The fourth-order valence-corrected chi connectivity index (χ4v) is 2.17. The van der Waals surface area contributed by atoms with E-state index in [0.717, 1.165) is 5.69 Å². The minimum Gasteiger partial charge on any atom is -0.464 e. The monoisotopic (exact) mass is 290 g/mol. The van der Waals surface area contributed by atoms with Gasteiger partial charge in [-0.05, 0) is 24.3 Å². The topological polar surface area (TPSA) is 99.9 Å². The fraction of sp³-hybridized carbons (Fsp3) is 0.267. The van der Waals surface area contributed by atoms with Crippen molar-refractivity contribution in [3.63, 3.8) is 0 Å². The van der Waals surface area contributed by atoms with Crippen LogP contribution < -0.4 is 10.6 Å². The van der Waals surface area contributed by atoms with Gasteiger partial charge in [-0.15, -0.1) is 0 Å². The zero-order valence-electron chi connectivity index (χ0n) is 11.5. The summed E-state index contributed by atoms with van der Waals surface area (Å²) in [6.45, 7) is 0.667. The molecule has 0 saturated heterocycles. The summed E-state index contributed by atoms with van der Waals surface area (Å²) in [7, 11) is 0. The first kappa shape index (κ1) is 15.1. The Bertz CT molecular complexity index is 603. The molecule has 4 N–H and O–H groups in total. The van der Waals surface area contributed by atoms with Crippen molar-refractivity contribution >= 4 is 17.7 Å². The standard InChI is InChI=1S/C15H18N2O4/c16-12-1-2-14(17(3-5-18)4-6-19)13(8-12)15-7-11(9-20)10-21-15/h1-2,7-10,18-19H,3-6,16H2. The lowest BCUT2D eigenvalue weighted by molar-refractivity contribution is 0.112. The van der Waals surface area contributed by atoms with Crippen molar-refractivity contribution in [2.45, 2.75) is 0 Å². The highest BCUT2D eigenvalue weighted by atomic mass is 16.3. The molecule has 0 aliphatic rings. The lowest BCUT2D eigenvalue weighted by Gasteiger charge is -2.25. The van der Waals surface area contributed by atoms with E-state index < -0.39 is 0 Å². The van der Waals surface area contributed by atoms with Crippen LogP contribution in [-0.4, -0.2) is 42.8 Å². The SMILES string of the molecule is Nc1ccc(N(CCO)CCO)c(-c2cc(C=O)co2)c1. The zero-order chi connectivity index (χ0) is 15.2. The number of nitrogens with two attached hydrogens (primary N) is 1. The van der Waals surface area contributed by atoms with Gasteiger partial charge < -0.3 is 25.3 Å². The predicted octanol–water partition coefficient (Wildman–Crippen LogP) is 1.13. The first-order valence-electron chi connectivity index (χ1n) is 6.60. The second-order valence-electron chi connectivity index (χ2n) is 4.57. The van der Waals surface area contributed by atoms with Gasteiger partial charge in [0.05, 0.1) is 18.8 Å². The average Bonchev–Trinajstić information content (AvgIpc) is 2.96. The van der Waals surface area contributed by atoms with Crippen LogP contribution in [0.15, 0.2) is 34.9 Å². The number of hydrogen-bond acceptors (Lipinski definition) is 6. The Kier molecular flexibility index (Phi) is 4.97. The minimum atomic E-state index is -0.0401. The molecule has 21 heavy (non-hydrogen) atoms. The second kappa shape index (κ2) is 6.92. The van der Waals surface area contributed by atoms with Crippen LogP contribution in [0.5, 0.6) is 0 Å². The first-order chi connectivity index (χ1) is 10.2. The van der Waals surface area contributed by atoms with Crippen LogP contribution in [0, 0.1) is 0 Å². The van der Waals surface area contributed by atoms with E-state index >= 15 is 0 Å². The molecule has 6 nitrogen and oxygen atoms in total. The molecule has 0 radical (unpaired) electrons. The number of carbonyl (C=O) groups excluding carboxylic acids is 1. The maximum atomic E-state index is 10.8.